The van der Waals surface area contributed by atoms with Crippen LogP contribution in [-0.2, 0) is 0 Å². The minimum atomic E-state index is 0.524. The van der Waals surface area contributed by atoms with Crippen LogP contribution in [0.1, 0.15) is 33.6 Å². The van der Waals surface area contributed by atoms with Crippen LogP contribution >= 0.6 is 0 Å². The standard InChI is InChI=1S/C14H31N3/c1-5-17(6-2)12-9-15-13-14(3)7-10-16(4)11-8-14/h15H,5-13H2,1-4H3. The number of piperidine rings is 1. The zero-order valence-electron chi connectivity index (χ0n) is 12.3. The molecule has 102 valence electrons. The minimum absolute atomic E-state index is 0.524. The second-order valence-electron chi connectivity index (χ2n) is 5.82. The molecule has 0 aliphatic carbocycles. The average Bonchev–Trinajstić information content (AvgIpc) is 2.34. The molecule has 0 atom stereocenters. The Bertz CT molecular complexity index is 194. The molecule has 0 unspecified atom stereocenters. The van der Waals surface area contributed by atoms with E-state index in [1.165, 1.54) is 52.1 Å². The molecule has 1 heterocycles. The highest BCUT2D eigenvalue weighted by Crippen LogP contribution is 2.29. The van der Waals surface area contributed by atoms with Gasteiger partial charge in [-0.2, -0.15) is 0 Å². The average molecular weight is 241 g/mol. The number of nitrogens with zero attached hydrogens (tertiary/aromatic N) is 2. The van der Waals surface area contributed by atoms with E-state index in [1.807, 2.05) is 0 Å². The molecule has 0 saturated carbocycles. The molecule has 1 rings (SSSR count). The van der Waals surface area contributed by atoms with Crippen LogP contribution in [0.5, 0.6) is 0 Å². The maximum atomic E-state index is 3.65. The van der Waals surface area contributed by atoms with E-state index in [9.17, 15) is 0 Å². The fraction of sp³-hybridized carbons (Fsp3) is 1.00. The second-order valence-corrected chi connectivity index (χ2v) is 5.82. The van der Waals surface area contributed by atoms with Crippen molar-refractivity contribution < 1.29 is 0 Å². The van der Waals surface area contributed by atoms with Gasteiger partial charge < -0.3 is 15.1 Å². The van der Waals surface area contributed by atoms with Crippen LogP contribution in [0.2, 0.25) is 0 Å². The van der Waals surface area contributed by atoms with Gasteiger partial charge in [0.1, 0.15) is 0 Å². The van der Waals surface area contributed by atoms with Gasteiger partial charge in [-0.3, -0.25) is 0 Å². The molecule has 3 heteroatoms. The van der Waals surface area contributed by atoms with Crippen molar-refractivity contribution >= 4 is 0 Å². The normalized spacial score (nSPS) is 21.0. The van der Waals surface area contributed by atoms with E-state index in [1.54, 1.807) is 0 Å². The predicted molar refractivity (Wildman–Crippen MR) is 75.5 cm³/mol. The summed E-state index contributed by atoms with van der Waals surface area (Å²) in [6, 6.07) is 0. The summed E-state index contributed by atoms with van der Waals surface area (Å²) >= 11 is 0. The molecule has 0 spiro atoms. The number of hydrogen-bond acceptors (Lipinski definition) is 3. The summed E-state index contributed by atoms with van der Waals surface area (Å²) < 4.78 is 0. The highest BCUT2D eigenvalue weighted by atomic mass is 15.1. The van der Waals surface area contributed by atoms with Crippen molar-refractivity contribution in [2.75, 3.05) is 52.9 Å². The Morgan fingerprint density at radius 1 is 1.18 bits per heavy atom. The molecule has 0 radical (unpaired) electrons. The zero-order chi connectivity index (χ0) is 12.7. The highest BCUT2D eigenvalue weighted by Gasteiger charge is 2.28. The molecule has 0 amide bonds. The Balaban J connectivity index is 2.13. The van der Waals surface area contributed by atoms with Crippen LogP contribution in [0.4, 0.5) is 0 Å². The molecule has 0 aromatic rings. The maximum Gasteiger partial charge on any atom is 0.0107 e. The molecule has 0 bridgehead atoms. The summed E-state index contributed by atoms with van der Waals surface area (Å²) in [5.41, 5.74) is 0.524. The molecule has 0 aromatic heterocycles. The number of likely N-dealkylation sites (tertiary alicyclic amines) is 1. The van der Waals surface area contributed by atoms with Crippen molar-refractivity contribution in [1.82, 2.24) is 15.1 Å². The summed E-state index contributed by atoms with van der Waals surface area (Å²) in [5.74, 6) is 0. The van der Waals surface area contributed by atoms with Crippen molar-refractivity contribution in [2.24, 2.45) is 5.41 Å². The van der Waals surface area contributed by atoms with Gasteiger partial charge in [-0.1, -0.05) is 20.8 Å². The summed E-state index contributed by atoms with van der Waals surface area (Å²) in [4.78, 5) is 4.92. The molecule has 1 aliphatic heterocycles. The molecular formula is C14H31N3. The molecule has 3 nitrogen and oxygen atoms in total. The Labute approximate surface area is 108 Å². The van der Waals surface area contributed by atoms with Gasteiger partial charge in [0.15, 0.2) is 0 Å². The first-order valence-electron chi connectivity index (χ1n) is 7.21. The van der Waals surface area contributed by atoms with Crippen LogP contribution < -0.4 is 5.32 Å². The molecule has 17 heavy (non-hydrogen) atoms. The van der Waals surface area contributed by atoms with Crippen LogP contribution in [0.15, 0.2) is 0 Å². The van der Waals surface area contributed by atoms with E-state index >= 15 is 0 Å². The molecule has 1 N–H and O–H groups in total. The Morgan fingerprint density at radius 2 is 1.76 bits per heavy atom. The third kappa shape index (κ3) is 5.36. The number of hydrogen-bond donors (Lipinski definition) is 1. The Kier molecular flexibility index (Phi) is 6.45. The van der Waals surface area contributed by atoms with Crippen molar-refractivity contribution in [2.45, 2.75) is 33.6 Å². The Hall–Kier alpha value is -0.120. The second kappa shape index (κ2) is 7.34. The van der Waals surface area contributed by atoms with Crippen molar-refractivity contribution in [3.05, 3.63) is 0 Å². The molecule has 1 fully saturated rings. The maximum absolute atomic E-state index is 3.65. The lowest BCUT2D eigenvalue weighted by Gasteiger charge is -2.38. The first kappa shape index (κ1) is 14.9. The van der Waals surface area contributed by atoms with Crippen molar-refractivity contribution in [3.8, 4) is 0 Å². The number of likely N-dealkylation sites (N-methyl/N-ethyl adjacent to an activating group) is 1. The Morgan fingerprint density at radius 3 is 2.29 bits per heavy atom. The number of nitrogens with one attached hydrogen (secondary N) is 1. The lowest BCUT2D eigenvalue weighted by molar-refractivity contribution is 0.136. The highest BCUT2D eigenvalue weighted by molar-refractivity contribution is 4.83. The summed E-state index contributed by atoms with van der Waals surface area (Å²) in [6.45, 7) is 15.3. The van der Waals surface area contributed by atoms with E-state index in [0.29, 0.717) is 5.41 Å². The summed E-state index contributed by atoms with van der Waals surface area (Å²) in [6.07, 6.45) is 2.67. The molecular weight excluding hydrogens is 210 g/mol. The van der Waals surface area contributed by atoms with E-state index in [4.69, 9.17) is 0 Å². The van der Waals surface area contributed by atoms with E-state index in [-0.39, 0.29) is 0 Å². The topological polar surface area (TPSA) is 18.5 Å². The third-order valence-electron chi connectivity index (χ3n) is 4.25. The van der Waals surface area contributed by atoms with E-state index in [0.717, 1.165) is 6.54 Å². The van der Waals surface area contributed by atoms with E-state index in [2.05, 4.69) is 42.9 Å². The SMILES string of the molecule is CCN(CC)CCNCC1(C)CCN(C)CC1. The molecule has 0 aromatic carbocycles. The van der Waals surface area contributed by atoms with Gasteiger partial charge in [0.25, 0.3) is 0 Å². The lowest BCUT2D eigenvalue weighted by Crippen LogP contribution is -2.43. The quantitative estimate of drug-likeness (QED) is 0.684. The predicted octanol–water partition coefficient (Wildman–Crippen LogP) is 1.65. The van der Waals surface area contributed by atoms with Gasteiger partial charge >= 0.3 is 0 Å². The summed E-state index contributed by atoms with van der Waals surface area (Å²) in [7, 11) is 2.23. The van der Waals surface area contributed by atoms with E-state index < -0.39 is 0 Å². The monoisotopic (exact) mass is 241 g/mol. The van der Waals surface area contributed by atoms with Crippen LogP contribution in [0, 0.1) is 5.41 Å². The number of rotatable bonds is 7. The van der Waals surface area contributed by atoms with Crippen LogP contribution in [0.3, 0.4) is 0 Å². The first-order chi connectivity index (χ1) is 8.09. The van der Waals surface area contributed by atoms with Crippen molar-refractivity contribution in [1.29, 1.82) is 0 Å². The fourth-order valence-corrected chi connectivity index (χ4v) is 2.50. The molecule has 1 saturated heterocycles. The smallest absolute Gasteiger partial charge is 0.0107 e. The van der Waals surface area contributed by atoms with Gasteiger partial charge in [-0.25, -0.2) is 0 Å². The minimum Gasteiger partial charge on any atom is -0.315 e. The van der Waals surface area contributed by atoms with Gasteiger partial charge in [0.2, 0.25) is 0 Å². The van der Waals surface area contributed by atoms with Gasteiger partial charge in [-0.05, 0) is 51.5 Å². The van der Waals surface area contributed by atoms with Crippen LogP contribution in [-0.4, -0.2) is 62.7 Å². The summed E-state index contributed by atoms with van der Waals surface area (Å²) in [5, 5.41) is 3.65. The lowest BCUT2D eigenvalue weighted by atomic mass is 9.80. The van der Waals surface area contributed by atoms with Gasteiger partial charge in [0.05, 0.1) is 0 Å². The van der Waals surface area contributed by atoms with Gasteiger partial charge in [-0.15, -0.1) is 0 Å². The van der Waals surface area contributed by atoms with Gasteiger partial charge in [0, 0.05) is 19.6 Å². The fourth-order valence-electron chi connectivity index (χ4n) is 2.50. The van der Waals surface area contributed by atoms with Crippen LogP contribution in [0.25, 0.3) is 0 Å². The third-order valence-corrected chi connectivity index (χ3v) is 4.25. The van der Waals surface area contributed by atoms with Crippen molar-refractivity contribution in [3.63, 3.8) is 0 Å². The zero-order valence-corrected chi connectivity index (χ0v) is 12.3. The molecule has 1 aliphatic rings. The first-order valence-corrected chi connectivity index (χ1v) is 7.21. The largest absolute Gasteiger partial charge is 0.315 e.